The Kier molecular flexibility index (Phi) is 3.59. The summed E-state index contributed by atoms with van der Waals surface area (Å²) in [6.45, 7) is 3.93. The number of aromatic carboxylic acids is 1. The van der Waals surface area contributed by atoms with Crippen molar-refractivity contribution in [2.75, 3.05) is 0 Å². The van der Waals surface area contributed by atoms with E-state index in [1.165, 1.54) is 0 Å². The van der Waals surface area contributed by atoms with Gasteiger partial charge in [-0.25, -0.2) is 4.79 Å². The lowest BCUT2D eigenvalue weighted by Crippen LogP contribution is -2.03. The van der Waals surface area contributed by atoms with Crippen LogP contribution < -0.4 is 0 Å². The van der Waals surface area contributed by atoms with Crippen molar-refractivity contribution in [1.29, 1.82) is 0 Å². The fourth-order valence-electron chi connectivity index (χ4n) is 1.74. The van der Waals surface area contributed by atoms with Crippen LogP contribution in [0.5, 0.6) is 0 Å². The second kappa shape index (κ2) is 4.86. The van der Waals surface area contributed by atoms with Gasteiger partial charge in [0, 0.05) is 15.6 Å². The molecule has 5 heteroatoms. The molecule has 0 saturated carbocycles. The fourth-order valence-corrected chi connectivity index (χ4v) is 2.60. The molecule has 0 amide bonds. The maximum atomic E-state index is 11.3. The number of carboxylic acid groups (broad SMARTS) is 1. The van der Waals surface area contributed by atoms with E-state index in [1.54, 1.807) is 18.2 Å². The molecule has 2 rings (SSSR count). The number of rotatable bonds is 2. The third kappa shape index (κ3) is 2.35. The number of carboxylic acids is 1. The minimum absolute atomic E-state index is 0.146. The Morgan fingerprint density at radius 1 is 1.39 bits per heavy atom. The van der Waals surface area contributed by atoms with E-state index < -0.39 is 5.97 Å². The highest BCUT2D eigenvalue weighted by Crippen LogP contribution is 2.31. The first-order valence-corrected chi connectivity index (χ1v) is 6.60. The van der Waals surface area contributed by atoms with Crippen LogP contribution in [0.2, 0.25) is 5.02 Å². The number of nitrogens with zero attached hydrogens (tertiary/aromatic N) is 1. The molecule has 2 aromatic rings. The van der Waals surface area contributed by atoms with Gasteiger partial charge in [0.15, 0.2) is 0 Å². The minimum Gasteiger partial charge on any atom is -0.478 e. The topological polar surface area (TPSA) is 50.2 Å². The van der Waals surface area contributed by atoms with Gasteiger partial charge in [0.05, 0.1) is 16.1 Å². The lowest BCUT2D eigenvalue weighted by molar-refractivity contribution is 0.0699. The monoisotopic (exact) mass is 327 g/mol. The first-order valence-electron chi connectivity index (χ1n) is 5.43. The molecule has 0 atom stereocenters. The number of aromatic nitrogens is 1. The van der Waals surface area contributed by atoms with Gasteiger partial charge in [-0.05, 0) is 24.1 Å². The average Bonchev–Trinajstić information content (AvgIpc) is 2.27. The van der Waals surface area contributed by atoms with E-state index in [4.69, 9.17) is 11.6 Å². The molecule has 0 fully saturated rings. The van der Waals surface area contributed by atoms with Gasteiger partial charge < -0.3 is 5.11 Å². The second-order valence-electron chi connectivity index (χ2n) is 4.34. The van der Waals surface area contributed by atoms with Crippen LogP contribution in [0.25, 0.3) is 10.9 Å². The summed E-state index contributed by atoms with van der Waals surface area (Å²) < 4.78 is 0.738. The van der Waals surface area contributed by atoms with Crippen molar-refractivity contribution in [3.63, 3.8) is 0 Å². The van der Waals surface area contributed by atoms with Crippen LogP contribution in [0.1, 0.15) is 35.8 Å². The SMILES string of the molecule is CC(C)c1cc(C(=O)O)c2cc(Br)cc(Cl)c2n1. The molecule has 0 bridgehead atoms. The molecule has 0 radical (unpaired) electrons. The number of carbonyl (C=O) groups is 1. The quantitative estimate of drug-likeness (QED) is 0.884. The minimum atomic E-state index is -0.974. The molecule has 0 aliphatic carbocycles. The molecule has 94 valence electrons. The van der Waals surface area contributed by atoms with Crippen LogP contribution in [-0.2, 0) is 0 Å². The maximum Gasteiger partial charge on any atom is 0.336 e. The predicted molar refractivity (Wildman–Crippen MR) is 75.5 cm³/mol. The maximum absolute atomic E-state index is 11.3. The van der Waals surface area contributed by atoms with Gasteiger partial charge in [-0.2, -0.15) is 0 Å². The van der Waals surface area contributed by atoms with Gasteiger partial charge >= 0.3 is 5.97 Å². The van der Waals surface area contributed by atoms with Crippen molar-refractivity contribution in [3.05, 3.63) is 39.0 Å². The van der Waals surface area contributed by atoms with Gasteiger partial charge in [0.2, 0.25) is 0 Å². The van der Waals surface area contributed by atoms with Crippen molar-refractivity contribution in [1.82, 2.24) is 4.98 Å². The Bertz CT molecular complexity index is 640. The average molecular weight is 329 g/mol. The van der Waals surface area contributed by atoms with E-state index in [9.17, 15) is 9.90 Å². The zero-order chi connectivity index (χ0) is 13.4. The summed E-state index contributed by atoms with van der Waals surface area (Å²) in [5, 5.41) is 10.3. The summed E-state index contributed by atoms with van der Waals surface area (Å²) in [6, 6.07) is 5.05. The van der Waals surface area contributed by atoms with Crippen molar-refractivity contribution < 1.29 is 9.90 Å². The summed E-state index contributed by atoms with van der Waals surface area (Å²) in [7, 11) is 0. The van der Waals surface area contributed by atoms with Crippen LogP contribution in [-0.4, -0.2) is 16.1 Å². The molecular weight excluding hydrogens is 318 g/mol. The highest BCUT2D eigenvalue weighted by molar-refractivity contribution is 9.10. The van der Waals surface area contributed by atoms with Crippen LogP contribution in [0.3, 0.4) is 0 Å². The van der Waals surface area contributed by atoms with Crippen molar-refractivity contribution >= 4 is 44.4 Å². The molecule has 1 heterocycles. The number of fused-ring (bicyclic) bond motifs is 1. The Labute approximate surface area is 118 Å². The summed E-state index contributed by atoms with van der Waals surface area (Å²) in [5.74, 6) is -0.828. The molecule has 3 nitrogen and oxygen atoms in total. The molecule has 1 N–H and O–H groups in total. The van der Waals surface area contributed by atoms with Crippen molar-refractivity contribution in [2.24, 2.45) is 0 Å². The zero-order valence-electron chi connectivity index (χ0n) is 9.87. The predicted octanol–water partition coefficient (Wildman–Crippen LogP) is 4.47. The lowest BCUT2D eigenvalue weighted by atomic mass is 10.0. The van der Waals surface area contributed by atoms with E-state index >= 15 is 0 Å². The van der Waals surface area contributed by atoms with E-state index in [2.05, 4.69) is 20.9 Å². The molecule has 1 aromatic heterocycles. The Balaban J connectivity index is 2.90. The summed E-state index contributed by atoms with van der Waals surface area (Å²) >= 11 is 9.44. The highest BCUT2D eigenvalue weighted by Gasteiger charge is 2.15. The number of pyridine rings is 1. The normalized spacial score (nSPS) is 11.2. The van der Waals surface area contributed by atoms with Crippen LogP contribution in [0.15, 0.2) is 22.7 Å². The Hall–Kier alpha value is -1.13. The molecule has 1 aromatic carbocycles. The molecule has 0 spiro atoms. The zero-order valence-corrected chi connectivity index (χ0v) is 12.2. The fraction of sp³-hybridized carbons (Fsp3) is 0.231. The third-order valence-electron chi connectivity index (χ3n) is 2.67. The molecule has 0 aliphatic rings. The smallest absolute Gasteiger partial charge is 0.336 e. The summed E-state index contributed by atoms with van der Waals surface area (Å²) in [5.41, 5.74) is 1.49. The van der Waals surface area contributed by atoms with Gasteiger partial charge in [0.1, 0.15) is 0 Å². The van der Waals surface area contributed by atoms with Gasteiger partial charge in [-0.15, -0.1) is 0 Å². The van der Waals surface area contributed by atoms with Crippen LogP contribution in [0, 0.1) is 0 Å². The van der Waals surface area contributed by atoms with E-state index in [0.717, 1.165) is 10.2 Å². The molecule has 0 saturated heterocycles. The van der Waals surface area contributed by atoms with E-state index in [0.29, 0.717) is 15.9 Å². The van der Waals surface area contributed by atoms with Crippen LogP contribution in [0.4, 0.5) is 0 Å². The number of hydrogen-bond donors (Lipinski definition) is 1. The van der Waals surface area contributed by atoms with Crippen molar-refractivity contribution in [2.45, 2.75) is 19.8 Å². The second-order valence-corrected chi connectivity index (χ2v) is 5.66. The largest absolute Gasteiger partial charge is 0.478 e. The standard InChI is InChI=1S/C13H11BrClNO2/c1-6(2)11-5-9(13(17)18)8-3-7(14)4-10(15)12(8)16-11/h3-6H,1-2H3,(H,17,18). The first kappa shape index (κ1) is 13.3. The van der Waals surface area contributed by atoms with Crippen LogP contribution >= 0.6 is 27.5 Å². The molecule has 18 heavy (non-hydrogen) atoms. The highest BCUT2D eigenvalue weighted by atomic mass is 79.9. The van der Waals surface area contributed by atoms with Gasteiger partial charge in [-0.3, -0.25) is 4.98 Å². The number of halogens is 2. The number of hydrogen-bond acceptors (Lipinski definition) is 2. The molecular formula is C13H11BrClNO2. The van der Waals surface area contributed by atoms with Gasteiger partial charge in [-0.1, -0.05) is 41.4 Å². The molecule has 0 aliphatic heterocycles. The first-order chi connectivity index (χ1) is 8.40. The third-order valence-corrected chi connectivity index (χ3v) is 3.42. The Morgan fingerprint density at radius 2 is 2.06 bits per heavy atom. The van der Waals surface area contributed by atoms with Gasteiger partial charge in [0.25, 0.3) is 0 Å². The summed E-state index contributed by atoms with van der Waals surface area (Å²) in [6.07, 6.45) is 0. The molecule has 0 unspecified atom stereocenters. The lowest BCUT2D eigenvalue weighted by Gasteiger charge is -2.10. The number of benzene rings is 1. The van der Waals surface area contributed by atoms with E-state index in [-0.39, 0.29) is 11.5 Å². The van der Waals surface area contributed by atoms with Crippen molar-refractivity contribution in [3.8, 4) is 0 Å². The van der Waals surface area contributed by atoms with E-state index in [1.807, 2.05) is 13.8 Å². The summed E-state index contributed by atoms with van der Waals surface area (Å²) in [4.78, 5) is 15.8. The Morgan fingerprint density at radius 3 is 2.61 bits per heavy atom.